The van der Waals surface area contributed by atoms with Crippen molar-refractivity contribution in [3.63, 3.8) is 0 Å². The highest BCUT2D eigenvalue weighted by molar-refractivity contribution is 5.27. The Morgan fingerprint density at radius 1 is 0.853 bits per heavy atom. The lowest BCUT2D eigenvalue weighted by Crippen LogP contribution is -2.29. The fourth-order valence-electron chi connectivity index (χ4n) is 3.43. The molecule has 2 aliphatic heterocycles. The van der Waals surface area contributed by atoms with Crippen LogP contribution in [0.3, 0.4) is 0 Å². The molecule has 4 heterocycles. The lowest BCUT2D eigenvalue weighted by molar-refractivity contribution is -0.0461. The standard InChI is InChI=1S/2C9H12FN3O4/c2*10-4-2-13(9(16)12-8(4)11)7-1-5(15)6(3-14)17-7/h2*2,5-7,14-15H,1,3H2,(H2,11,12,16)/t2*5-,6+,7+/m00/s1. The van der Waals surface area contributed by atoms with E-state index in [4.69, 9.17) is 31.2 Å². The highest BCUT2D eigenvalue weighted by Crippen LogP contribution is 2.28. The smallest absolute Gasteiger partial charge is 0.351 e. The largest absolute Gasteiger partial charge is 0.394 e. The second-order valence-electron chi connectivity index (χ2n) is 7.56. The molecule has 2 aromatic heterocycles. The van der Waals surface area contributed by atoms with Crippen LogP contribution >= 0.6 is 0 Å². The van der Waals surface area contributed by atoms with Gasteiger partial charge in [0.05, 0.1) is 37.8 Å². The van der Waals surface area contributed by atoms with Crippen molar-refractivity contribution in [1.29, 1.82) is 0 Å². The van der Waals surface area contributed by atoms with Gasteiger partial charge < -0.3 is 41.4 Å². The van der Waals surface area contributed by atoms with Gasteiger partial charge in [0.2, 0.25) is 0 Å². The average molecular weight is 490 g/mol. The van der Waals surface area contributed by atoms with Crippen molar-refractivity contribution < 1.29 is 38.7 Å². The van der Waals surface area contributed by atoms with E-state index in [0.717, 1.165) is 21.5 Å². The summed E-state index contributed by atoms with van der Waals surface area (Å²) >= 11 is 0. The Bertz CT molecular complexity index is 1040. The molecule has 2 saturated heterocycles. The lowest BCUT2D eigenvalue weighted by Gasteiger charge is -2.14. The second-order valence-corrected chi connectivity index (χ2v) is 7.56. The third-order valence-electron chi connectivity index (χ3n) is 5.26. The number of ether oxygens (including phenoxy) is 2. The number of hydrogen-bond acceptors (Lipinski definition) is 12. The SMILES string of the molecule is Nc1nc(=O)n([C@H]2C[C@H](O)[C@@H](CO)O2)cc1F.Nc1nc(=O)n([C@H]2C[C@H](O)[C@@H](CO)O2)cc1F. The fraction of sp³-hybridized carbons (Fsp3) is 0.556. The minimum absolute atomic E-state index is 0.0795. The number of hydrogen-bond donors (Lipinski definition) is 6. The molecular formula is C18H24F2N6O8. The second kappa shape index (κ2) is 10.5. The Balaban J connectivity index is 0.000000191. The van der Waals surface area contributed by atoms with Crippen molar-refractivity contribution in [2.45, 2.75) is 49.7 Å². The van der Waals surface area contributed by atoms with Gasteiger partial charge in [0, 0.05) is 12.8 Å². The van der Waals surface area contributed by atoms with Gasteiger partial charge in [-0.3, -0.25) is 9.13 Å². The molecule has 2 aromatic rings. The number of aromatic nitrogens is 4. The molecule has 0 aromatic carbocycles. The van der Waals surface area contributed by atoms with Crippen molar-refractivity contribution in [3.8, 4) is 0 Å². The van der Waals surface area contributed by atoms with Crippen LogP contribution < -0.4 is 22.8 Å². The van der Waals surface area contributed by atoms with E-state index in [1.807, 2.05) is 0 Å². The zero-order chi connectivity index (χ0) is 25.2. The molecule has 0 aliphatic carbocycles. The summed E-state index contributed by atoms with van der Waals surface area (Å²) in [4.78, 5) is 29.5. The Morgan fingerprint density at radius 3 is 1.50 bits per heavy atom. The quantitative estimate of drug-likeness (QED) is 0.256. The summed E-state index contributed by atoms with van der Waals surface area (Å²) in [5.41, 5.74) is 8.75. The molecule has 0 amide bonds. The molecule has 0 spiro atoms. The Hall–Kier alpha value is -3.02. The van der Waals surface area contributed by atoms with Crippen molar-refractivity contribution in [2.75, 3.05) is 24.7 Å². The van der Waals surface area contributed by atoms with E-state index in [9.17, 15) is 28.6 Å². The molecule has 4 rings (SSSR count). The maximum Gasteiger partial charge on any atom is 0.351 e. The van der Waals surface area contributed by atoms with Crippen LogP contribution in [0.4, 0.5) is 20.4 Å². The third-order valence-corrected chi connectivity index (χ3v) is 5.26. The maximum absolute atomic E-state index is 13.2. The van der Waals surface area contributed by atoms with Gasteiger partial charge in [0.15, 0.2) is 23.3 Å². The van der Waals surface area contributed by atoms with Crippen LogP contribution in [0.1, 0.15) is 25.3 Å². The molecule has 8 N–H and O–H groups in total. The van der Waals surface area contributed by atoms with E-state index in [-0.39, 0.29) is 26.1 Å². The van der Waals surface area contributed by atoms with Gasteiger partial charge in [-0.1, -0.05) is 0 Å². The first-order valence-electron chi connectivity index (χ1n) is 10.0. The minimum Gasteiger partial charge on any atom is -0.394 e. The van der Waals surface area contributed by atoms with Crippen LogP contribution in [0, 0.1) is 11.6 Å². The monoisotopic (exact) mass is 490 g/mol. The highest BCUT2D eigenvalue weighted by atomic mass is 19.1. The summed E-state index contributed by atoms with van der Waals surface area (Å²) in [6.45, 7) is -0.755. The van der Waals surface area contributed by atoms with E-state index in [0.29, 0.717) is 0 Å². The van der Waals surface area contributed by atoms with Gasteiger partial charge in [-0.2, -0.15) is 9.97 Å². The van der Waals surface area contributed by atoms with E-state index in [1.54, 1.807) is 0 Å². The van der Waals surface area contributed by atoms with Crippen molar-refractivity contribution >= 4 is 11.6 Å². The summed E-state index contributed by atoms with van der Waals surface area (Å²) < 4.78 is 38.6. The van der Waals surface area contributed by atoms with Gasteiger partial charge in [-0.05, 0) is 0 Å². The minimum atomic E-state index is -0.905. The zero-order valence-corrected chi connectivity index (χ0v) is 17.6. The van der Waals surface area contributed by atoms with Crippen LogP contribution in [0.15, 0.2) is 22.0 Å². The number of nitrogen functional groups attached to an aromatic ring is 2. The summed E-state index contributed by atoms with van der Waals surface area (Å²) in [6, 6.07) is 0. The topological polar surface area (TPSA) is 221 Å². The first-order chi connectivity index (χ1) is 16.0. The zero-order valence-electron chi connectivity index (χ0n) is 17.6. The Morgan fingerprint density at radius 2 is 1.21 bits per heavy atom. The number of aliphatic hydroxyl groups is 4. The maximum atomic E-state index is 13.2. The van der Waals surface area contributed by atoms with Crippen LogP contribution in [-0.4, -0.2) is 77.2 Å². The number of anilines is 2. The number of halogens is 2. The fourth-order valence-corrected chi connectivity index (χ4v) is 3.43. The highest BCUT2D eigenvalue weighted by Gasteiger charge is 2.36. The summed E-state index contributed by atoms with van der Waals surface area (Å²) in [5.74, 6) is -2.64. The lowest BCUT2D eigenvalue weighted by atomic mass is 10.2. The first kappa shape index (κ1) is 25.6. The van der Waals surface area contributed by atoms with Crippen LogP contribution in [0.25, 0.3) is 0 Å². The first-order valence-corrected chi connectivity index (χ1v) is 10.0. The number of rotatable bonds is 4. The summed E-state index contributed by atoms with van der Waals surface area (Å²) in [6.07, 6.45) is -3.17. The van der Waals surface area contributed by atoms with Crippen LogP contribution in [0.2, 0.25) is 0 Å². The van der Waals surface area contributed by atoms with E-state index < -0.39 is 71.5 Å². The van der Waals surface area contributed by atoms with Gasteiger partial charge >= 0.3 is 11.4 Å². The van der Waals surface area contributed by atoms with Crippen LogP contribution in [0.5, 0.6) is 0 Å². The Kier molecular flexibility index (Phi) is 7.90. The van der Waals surface area contributed by atoms with Crippen molar-refractivity contribution in [1.82, 2.24) is 19.1 Å². The molecule has 188 valence electrons. The molecule has 0 radical (unpaired) electrons. The molecule has 0 bridgehead atoms. The average Bonchev–Trinajstić information content (AvgIpc) is 3.35. The number of nitrogens with two attached hydrogens (primary N) is 2. The van der Waals surface area contributed by atoms with Crippen molar-refractivity contribution in [3.05, 3.63) is 45.0 Å². The molecular weight excluding hydrogens is 466 g/mol. The van der Waals surface area contributed by atoms with E-state index >= 15 is 0 Å². The van der Waals surface area contributed by atoms with Gasteiger partial charge in [0.1, 0.15) is 24.7 Å². The third kappa shape index (κ3) is 5.37. The summed E-state index contributed by atoms with van der Waals surface area (Å²) in [5, 5.41) is 36.8. The molecule has 2 aliphatic rings. The van der Waals surface area contributed by atoms with E-state index in [2.05, 4.69) is 9.97 Å². The van der Waals surface area contributed by atoms with Crippen LogP contribution in [-0.2, 0) is 9.47 Å². The normalized spacial score (nSPS) is 28.5. The van der Waals surface area contributed by atoms with Crippen molar-refractivity contribution in [2.24, 2.45) is 0 Å². The predicted molar refractivity (Wildman–Crippen MR) is 109 cm³/mol. The molecule has 14 nitrogen and oxygen atoms in total. The number of aliphatic hydroxyl groups excluding tert-OH is 4. The molecule has 16 heteroatoms. The predicted octanol–water partition coefficient (Wildman–Crippen LogP) is -2.79. The van der Waals surface area contributed by atoms with E-state index in [1.165, 1.54) is 0 Å². The van der Waals surface area contributed by atoms with Gasteiger partial charge in [-0.15, -0.1) is 0 Å². The molecule has 34 heavy (non-hydrogen) atoms. The number of nitrogens with zero attached hydrogens (tertiary/aromatic N) is 4. The molecule has 0 saturated carbocycles. The summed E-state index contributed by atoms with van der Waals surface area (Å²) in [7, 11) is 0. The molecule has 2 fully saturated rings. The van der Waals surface area contributed by atoms with Gasteiger partial charge in [0.25, 0.3) is 0 Å². The molecule has 0 unspecified atom stereocenters. The van der Waals surface area contributed by atoms with Gasteiger partial charge in [-0.25, -0.2) is 18.4 Å². The Labute approximate surface area is 189 Å². The molecule has 6 atom stereocenters.